The van der Waals surface area contributed by atoms with Crippen LogP contribution >= 0.6 is 11.8 Å². The zero-order valence-corrected chi connectivity index (χ0v) is 12.7. The number of ether oxygens (including phenoxy) is 1. The highest BCUT2D eigenvalue weighted by atomic mass is 32.2. The van der Waals surface area contributed by atoms with Gasteiger partial charge < -0.3 is 10.1 Å². The van der Waals surface area contributed by atoms with Gasteiger partial charge in [0.15, 0.2) is 5.66 Å². The smallest absolute Gasteiger partial charge is 0.154 e. The molecule has 1 fully saturated rings. The van der Waals surface area contributed by atoms with E-state index >= 15 is 0 Å². The third-order valence-corrected chi connectivity index (χ3v) is 4.46. The third kappa shape index (κ3) is 2.47. The minimum atomic E-state index is -0.223. The van der Waals surface area contributed by atoms with Crippen molar-refractivity contribution < 1.29 is 4.74 Å². The van der Waals surface area contributed by atoms with Crippen molar-refractivity contribution in [2.45, 2.75) is 18.5 Å². The van der Waals surface area contributed by atoms with Crippen molar-refractivity contribution in [3.05, 3.63) is 29.8 Å². The number of nitrogens with zero attached hydrogens (tertiary/aromatic N) is 2. The number of methoxy groups -OCH3 is 1. The van der Waals surface area contributed by atoms with E-state index in [0.717, 1.165) is 48.0 Å². The van der Waals surface area contributed by atoms with Crippen LogP contribution in [0.15, 0.2) is 34.3 Å². The van der Waals surface area contributed by atoms with Gasteiger partial charge in [-0.1, -0.05) is 0 Å². The fourth-order valence-corrected chi connectivity index (χ4v) is 3.27. The molecule has 1 aromatic rings. The average molecular weight is 289 g/mol. The average Bonchev–Trinajstić information content (AvgIpc) is 2.86. The Morgan fingerprint density at radius 3 is 2.45 bits per heavy atom. The Morgan fingerprint density at radius 1 is 1.15 bits per heavy atom. The summed E-state index contributed by atoms with van der Waals surface area (Å²) in [4.78, 5) is 9.87. The fourth-order valence-electron chi connectivity index (χ4n) is 2.65. The first-order valence-corrected chi connectivity index (χ1v) is 8.08. The molecule has 4 nitrogen and oxygen atoms in total. The van der Waals surface area contributed by atoms with Crippen LogP contribution in [0, 0.1) is 0 Å². The molecule has 0 bridgehead atoms. The number of piperidine rings is 1. The van der Waals surface area contributed by atoms with Crippen LogP contribution in [0.3, 0.4) is 0 Å². The maximum atomic E-state index is 5.21. The number of hydrogen-bond acceptors (Lipinski definition) is 5. The van der Waals surface area contributed by atoms with Crippen molar-refractivity contribution >= 4 is 22.5 Å². The van der Waals surface area contributed by atoms with Gasteiger partial charge in [-0.15, -0.1) is 11.8 Å². The molecule has 0 unspecified atom stereocenters. The fraction of sp³-hybridized carbons (Fsp3) is 0.467. The Balaban J connectivity index is 1.94. The van der Waals surface area contributed by atoms with E-state index in [9.17, 15) is 0 Å². The summed E-state index contributed by atoms with van der Waals surface area (Å²) in [7, 11) is 1.68. The van der Waals surface area contributed by atoms with Crippen molar-refractivity contribution in [1.82, 2.24) is 5.32 Å². The SMILES string of the molecule is COc1ccc(C2=NC3(CCNCC3)N=C2SC)cc1. The van der Waals surface area contributed by atoms with Crippen molar-refractivity contribution in [2.24, 2.45) is 9.98 Å². The zero-order valence-electron chi connectivity index (χ0n) is 11.8. The largest absolute Gasteiger partial charge is 0.497 e. The molecule has 1 spiro atoms. The van der Waals surface area contributed by atoms with Crippen molar-refractivity contribution in [3.63, 3.8) is 0 Å². The number of hydrogen-bond donors (Lipinski definition) is 1. The highest BCUT2D eigenvalue weighted by Gasteiger charge is 2.37. The first-order valence-electron chi connectivity index (χ1n) is 6.85. The Morgan fingerprint density at radius 2 is 1.85 bits per heavy atom. The molecule has 1 N–H and O–H groups in total. The second-order valence-electron chi connectivity index (χ2n) is 5.04. The van der Waals surface area contributed by atoms with Crippen LogP contribution in [-0.4, -0.2) is 42.9 Å². The van der Waals surface area contributed by atoms with Gasteiger partial charge in [0, 0.05) is 18.4 Å². The quantitative estimate of drug-likeness (QED) is 0.909. The summed E-state index contributed by atoms with van der Waals surface area (Å²) in [5, 5.41) is 4.43. The van der Waals surface area contributed by atoms with Crippen LogP contribution in [-0.2, 0) is 0 Å². The second kappa shape index (κ2) is 5.58. The predicted molar refractivity (Wildman–Crippen MR) is 85.3 cm³/mol. The van der Waals surface area contributed by atoms with E-state index in [1.165, 1.54) is 0 Å². The molecule has 3 rings (SSSR count). The standard InChI is InChI=1S/C15H19N3OS/c1-19-12-5-3-11(4-6-12)13-14(20-2)18-15(17-13)7-9-16-10-8-15/h3-6,16H,7-10H2,1-2H3. The van der Waals surface area contributed by atoms with Crippen LogP contribution in [0.1, 0.15) is 18.4 Å². The number of benzene rings is 1. The van der Waals surface area contributed by atoms with E-state index in [-0.39, 0.29) is 5.66 Å². The highest BCUT2D eigenvalue weighted by Crippen LogP contribution is 2.33. The minimum absolute atomic E-state index is 0.223. The Hall–Kier alpha value is -1.33. The van der Waals surface area contributed by atoms with Gasteiger partial charge in [-0.05, 0) is 43.6 Å². The molecule has 1 saturated heterocycles. The van der Waals surface area contributed by atoms with E-state index in [2.05, 4.69) is 23.7 Å². The molecular weight excluding hydrogens is 270 g/mol. The summed E-state index contributed by atoms with van der Waals surface area (Å²) >= 11 is 1.68. The minimum Gasteiger partial charge on any atom is -0.497 e. The summed E-state index contributed by atoms with van der Waals surface area (Å²) in [6.07, 6.45) is 4.03. The number of thioether (sulfide) groups is 1. The lowest BCUT2D eigenvalue weighted by Crippen LogP contribution is -2.38. The van der Waals surface area contributed by atoms with Crippen molar-refractivity contribution in [2.75, 3.05) is 26.5 Å². The molecule has 106 valence electrons. The molecule has 2 heterocycles. The summed E-state index contributed by atoms with van der Waals surface area (Å²) in [5.74, 6) is 0.867. The van der Waals surface area contributed by atoms with Crippen LogP contribution in [0.25, 0.3) is 0 Å². The van der Waals surface area contributed by atoms with E-state index < -0.39 is 0 Å². The van der Waals surface area contributed by atoms with Gasteiger partial charge >= 0.3 is 0 Å². The van der Waals surface area contributed by atoms with Crippen LogP contribution in [0.2, 0.25) is 0 Å². The van der Waals surface area contributed by atoms with Gasteiger partial charge in [-0.25, -0.2) is 4.99 Å². The maximum absolute atomic E-state index is 5.21. The normalized spacial score (nSPS) is 20.7. The molecule has 0 atom stereocenters. The summed E-state index contributed by atoms with van der Waals surface area (Å²) in [6, 6.07) is 8.07. The van der Waals surface area contributed by atoms with Crippen molar-refractivity contribution in [1.29, 1.82) is 0 Å². The molecule has 2 aliphatic heterocycles. The first-order chi connectivity index (χ1) is 9.76. The van der Waals surface area contributed by atoms with Gasteiger partial charge in [0.25, 0.3) is 0 Å². The lowest BCUT2D eigenvalue weighted by molar-refractivity contribution is 0.332. The molecule has 0 saturated carbocycles. The molecule has 20 heavy (non-hydrogen) atoms. The number of nitrogens with one attached hydrogen (secondary N) is 1. The third-order valence-electron chi connectivity index (χ3n) is 3.79. The van der Waals surface area contributed by atoms with Gasteiger partial charge in [0.1, 0.15) is 10.8 Å². The van der Waals surface area contributed by atoms with E-state index in [1.54, 1.807) is 18.9 Å². The van der Waals surface area contributed by atoms with Gasteiger partial charge in [0.2, 0.25) is 0 Å². The molecule has 2 aliphatic rings. The van der Waals surface area contributed by atoms with E-state index in [0.29, 0.717) is 0 Å². The van der Waals surface area contributed by atoms with Crippen LogP contribution < -0.4 is 10.1 Å². The molecular formula is C15H19N3OS. The monoisotopic (exact) mass is 289 g/mol. The first kappa shape index (κ1) is 13.6. The summed E-state index contributed by atoms with van der Waals surface area (Å²) < 4.78 is 5.21. The lowest BCUT2D eigenvalue weighted by Gasteiger charge is -2.27. The summed E-state index contributed by atoms with van der Waals surface area (Å²) in [6.45, 7) is 1.98. The second-order valence-corrected chi connectivity index (χ2v) is 5.84. The van der Waals surface area contributed by atoms with Gasteiger partial charge in [0.05, 0.1) is 12.8 Å². The lowest BCUT2D eigenvalue weighted by atomic mass is 10.0. The molecule has 5 heteroatoms. The van der Waals surface area contributed by atoms with Crippen LogP contribution in [0.5, 0.6) is 5.75 Å². The molecule has 0 amide bonds. The molecule has 0 aromatic heterocycles. The Kier molecular flexibility index (Phi) is 3.81. The van der Waals surface area contributed by atoms with Crippen LogP contribution in [0.4, 0.5) is 0 Å². The van der Waals surface area contributed by atoms with Gasteiger partial charge in [-0.2, -0.15) is 0 Å². The molecule has 1 aromatic carbocycles. The Labute approximate surface area is 123 Å². The topological polar surface area (TPSA) is 46.0 Å². The zero-order chi connectivity index (χ0) is 14.0. The van der Waals surface area contributed by atoms with E-state index in [1.807, 2.05) is 12.1 Å². The van der Waals surface area contributed by atoms with E-state index in [4.69, 9.17) is 14.7 Å². The van der Waals surface area contributed by atoms with Crippen molar-refractivity contribution in [3.8, 4) is 5.75 Å². The number of rotatable bonds is 2. The predicted octanol–water partition coefficient (Wildman–Crippen LogP) is 2.34. The molecule has 0 radical (unpaired) electrons. The van der Waals surface area contributed by atoms with Gasteiger partial charge in [-0.3, -0.25) is 4.99 Å². The number of aliphatic imine (C=N–C) groups is 2. The highest BCUT2D eigenvalue weighted by molar-refractivity contribution is 8.15. The molecule has 0 aliphatic carbocycles. The summed E-state index contributed by atoms with van der Waals surface area (Å²) in [5.41, 5.74) is 1.93. The Bertz CT molecular complexity index is 545. The maximum Gasteiger partial charge on any atom is 0.154 e.